The van der Waals surface area contributed by atoms with Crippen LogP contribution in [0.25, 0.3) is 0 Å². The lowest BCUT2D eigenvalue weighted by molar-refractivity contribution is -0.170. The molecule has 0 saturated carbocycles. The van der Waals surface area contributed by atoms with E-state index in [0.29, 0.717) is 24.2 Å². The highest BCUT2D eigenvalue weighted by atomic mass is 16.6. The van der Waals surface area contributed by atoms with Gasteiger partial charge in [-0.1, -0.05) is 45.9 Å². The predicted molar refractivity (Wildman–Crippen MR) is 148 cm³/mol. The first-order valence-electron chi connectivity index (χ1n) is 14.4. The van der Waals surface area contributed by atoms with Crippen molar-refractivity contribution in [2.45, 2.75) is 103 Å². The molecule has 1 aliphatic heterocycles. The number of allylic oxidation sites excluding steroid dienone is 3. The Kier molecular flexibility index (Phi) is 12.7. The molecule has 12 nitrogen and oxygen atoms in total. The fourth-order valence-electron chi connectivity index (χ4n) is 5.78. The van der Waals surface area contributed by atoms with Gasteiger partial charge < -0.3 is 35.0 Å². The van der Waals surface area contributed by atoms with Crippen LogP contribution in [0.4, 0.5) is 0 Å². The molecule has 3 aliphatic rings. The number of hydrogen-bond acceptors (Lipinski definition) is 9. The van der Waals surface area contributed by atoms with Crippen molar-refractivity contribution in [1.82, 2.24) is 0 Å². The second kappa shape index (κ2) is 15.3. The number of aliphatic carboxylic acids is 3. The number of aliphatic hydroxyl groups is 2. The number of carbonyl (C=O) groups excluding carboxylic acids is 2. The van der Waals surface area contributed by atoms with Crippen LogP contribution in [0.1, 0.15) is 79.1 Å². The summed E-state index contributed by atoms with van der Waals surface area (Å²) in [7, 11) is 0. The maximum Gasteiger partial charge on any atom is 0.336 e. The van der Waals surface area contributed by atoms with Crippen molar-refractivity contribution < 1.29 is 59.0 Å². The number of hydrogen-bond donors (Lipinski definition) is 5. The molecule has 0 amide bonds. The van der Waals surface area contributed by atoms with E-state index in [-0.39, 0.29) is 42.4 Å². The molecule has 0 unspecified atom stereocenters. The van der Waals surface area contributed by atoms with Crippen LogP contribution in [-0.4, -0.2) is 79.3 Å². The zero-order chi connectivity index (χ0) is 31.8. The van der Waals surface area contributed by atoms with Crippen LogP contribution in [0.15, 0.2) is 23.8 Å². The van der Waals surface area contributed by atoms with Gasteiger partial charge in [-0.3, -0.25) is 19.2 Å². The monoisotopic (exact) mass is 596 g/mol. The van der Waals surface area contributed by atoms with Gasteiger partial charge in [-0.25, -0.2) is 4.79 Å². The summed E-state index contributed by atoms with van der Waals surface area (Å²) in [4.78, 5) is 54.7. The van der Waals surface area contributed by atoms with Crippen LogP contribution in [-0.2, 0) is 33.4 Å². The first kappa shape index (κ1) is 34.9. The Balaban J connectivity index is 0.000000401. The molecule has 0 bridgehead atoms. The zero-order valence-electron chi connectivity index (χ0n) is 24.6. The molecule has 0 aromatic carbocycles. The van der Waals surface area contributed by atoms with Crippen molar-refractivity contribution in [2.75, 3.05) is 0 Å². The summed E-state index contributed by atoms with van der Waals surface area (Å²) in [5.41, 5.74) is -1.47. The normalized spacial score (nSPS) is 29.5. The van der Waals surface area contributed by atoms with E-state index in [4.69, 9.17) is 29.9 Å². The van der Waals surface area contributed by atoms with Crippen molar-refractivity contribution in [3.05, 3.63) is 23.8 Å². The number of carboxylic acids is 3. The highest BCUT2D eigenvalue weighted by molar-refractivity contribution is 5.88. The minimum atomic E-state index is -2.74. The van der Waals surface area contributed by atoms with Gasteiger partial charge in [0.1, 0.15) is 12.2 Å². The van der Waals surface area contributed by atoms with Crippen LogP contribution in [0.5, 0.6) is 0 Å². The lowest BCUT2D eigenvalue weighted by Gasteiger charge is -2.43. The van der Waals surface area contributed by atoms with Gasteiger partial charge in [0, 0.05) is 12.3 Å². The molecule has 12 heteroatoms. The van der Waals surface area contributed by atoms with Crippen LogP contribution in [0.3, 0.4) is 0 Å². The number of ether oxygens (including phenoxy) is 2. The summed E-state index contributed by atoms with van der Waals surface area (Å²) in [6, 6.07) is 0. The quantitative estimate of drug-likeness (QED) is 0.218. The average molecular weight is 597 g/mol. The summed E-state index contributed by atoms with van der Waals surface area (Å²) in [6.45, 7) is 8.33. The van der Waals surface area contributed by atoms with E-state index >= 15 is 0 Å². The van der Waals surface area contributed by atoms with E-state index in [0.717, 1.165) is 25.7 Å². The summed E-state index contributed by atoms with van der Waals surface area (Å²) >= 11 is 0. The molecule has 1 fully saturated rings. The molecule has 3 rings (SSSR count). The molecule has 0 aromatic rings. The number of carboxylic acid groups (broad SMARTS) is 3. The van der Waals surface area contributed by atoms with Gasteiger partial charge in [-0.2, -0.15) is 0 Å². The van der Waals surface area contributed by atoms with Gasteiger partial charge in [-0.05, 0) is 49.0 Å². The highest BCUT2D eigenvalue weighted by Crippen LogP contribution is 2.45. The Bertz CT molecular complexity index is 1050. The molecule has 42 heavy (non-hydrogen) atoms. The Morgan fingerprint density at radius 2 is 1.69 bits per heavy atom. The number of esters is 2. The lowest BCUT2D eigenvalue weighted by Crippen LogP contribution is -2.42. The van der Waals surface area contributed by atoms with Crippen LogP contribution >= 0.6 is 0 Å². The van der Waals surface area contributed by atoms with Crippen molar-refractivity contribution in [3.63, 3.8) is 0 Å². The second-order valence-electron chi connectivity index (χ2n) is 11.8. The molecular formula is C30H44O12. The number of carbonyl (C=O) groups is 5. The van der Waals surface area contributed by atoms with E-state index in [2.05, 4.69) is 32.1 Å². The third-order valence-corrected chi connectivity index (χ3v) is 8.22. The van der Waals surface area contributed by atoms with Crippen LogP contribution in [0.2, 0.25) is 0 Å². The summed E-state index contributed by atoms with van der Waals surface area (Å²) in [5, 5.41) is 43.7. The fourth-order valence-corrected chi connectivity index (χ4v) is 5.78. The van der Waals surface area contributed by atoms with Gasteiger partial charge in [0.15, 0.2) is 5.60 Å². The zero-order valence-corrected chi connectivity index (χ0v) is 24.6. The minimum Gasteiger partial charge on any atom is -0.481 e. The molecule has 0 spiro atoms. The van der Waals surface area contributed by atoms with Crippen LogP contribution in [0, 0.1) is 29.6 Å². The van der Waals surface area contributed by atoms with E-state index in [1.165, 1.54) is 5.57 Å². The Labute approximate surface area is 245 Å². The maximum atomic E-state index is 12.5. The van der Waals surface area contributed by atoms with Crippen molar-refractivity contribution >= 4 is 29.8 Å². The average Bonchev–Trinajstić information content (AvgIpc) is 2.86. The highest BCUT2D eigenvalue weighted by Gasteiger charge is 2.43. The van der Waals surface area contributed by atoms with Crippen molar-refractivity contribution in [1.29, 1.82) is 0 Å². The topological polar surface area (TPSA) is 205 Å². The first-order valence-corrected chi connectivity index (χ1v) is 14.4. The minimum absolute atomic E-state index is 0.0854. The summed E-state index contributed by atoms with van der Waals surface area (Å²) in [5.74, 6) is -4.26. The number of cyclic esters (lactones) is 1. The maximum absolute atomic E-state index is 12.5. The molecule has 0 aromatic heterocycles. The third kappa shape index (κ3) is 9.94. The largest absolute Gasteiger partial charge is 0.481 e. The second-order valence-corrected chi connectivity index (χ2v) is 11.8. The van der Waals surface area contributed by atoms with Gasteiger partial charge in [0.05, 0.1) is 31.3 Å². The molecule has 5 N–H and O–H groups in total. The number of rotatable bonds is 11. The van der Waals surface area contributed by atoms with Gasteiger partial charge in [0.25, 0.3) is 0 Å². The summed E-state index contributed by atoms with van der Waals surface area (Å²) < 4.78 is 11.5. The number of aliphatic hydroxyl groups excluding tert-OH is 1. The fraction of sp³-hybridized carbons (Fsp3) is 0.700. The molecule has 8 atom stereocenters. The Hall–Kier alpha value is -3.25. The molecule has 236 valence electrons. The van der Waals surface area contributed by atoms with Gasteiger partial charge in [-0.15, -0.1) is 0 Å². The molecular weight excluding hydrogens is 552 g/mol. The predicted octanol–water partition coefficient (Wildman–Crippen LogP) is 2.95. The number of fused-ring (bicyclic) bond motifs is 1. The molecule has 1 heterocycles. The van der Waals surface area contributed by atoms with Gasteiger partial charge in [0.2, 0.25) is 0 Å². The van der Waals surface area contributed by atoms with Crippen LogP contribution < -0.4 is 0 Å². The first-order chi connectivity index (χ1) is 19.6. The van der Waals surface area contributed by atoms with E-state index in [1.807, 2.05) is 13.8 Å². The van der Waals surface area contributed by atoms with E-state index in [9.17, 15) is 29.1 Å². The van der Waals surface area contributed by atoms with E-state index in [1.54, 1.807) is 0 Å². The third-order valence-electron chi connectivity index (χ3n) is 8.22. The standard InChI is InChI=1S/C24H36O5.C6H8O7/c1-5-15(3)24(27)29-21-11-14(2)10-17-7-6-16(4)20(23(17)21)9-8-19-12-18(25)13-22(26)28-19;7-3(8)1-6(13,5(11)12)2-4(9)10/h6-7,10,14-16,18-21,23,25H,5,8-9,11-13H2,1-4H3;13H,1-2H2,(H,7,8)(H,9,10)(H,11,12)/t14-,15-,16-,18+,19+,20-,21-,23-;/m0./s1. The lowest BCUT2D eigenvalue weighted by atomic mass is 9.65. The summed E-state index contributed by atoms with van der Waals surface area (Å²) in [6.07, 6.45) is 7.41. The Morgan fingerprint density at radius 3 is 2.21 bits per heavy atom. The smallest absolute Gasteiger partial charge is 0.336 e. The SMILES string of the molecule is CC[C@H](C)C(=O)O[C@H]1C[C@@H](C)C=C2C=C[C@H](C)[C@H](CC[C@@H]3C[C@@H](O)CC(=O)O3)[C@H]21.O=C(O)CC(O)(CC(=O)O)C(=O)O. The Morgan fingerprint density at radius 1 is 1.07 bits per heavy atom. The molecule has 0 radical (unpaired) electrons. The van der Waals surface area contributed by atoms with Gasteiger partial charge >= 0.3 is 29.8 Å². The van der Waals surface area contributed by atoms with E-state index < -0.39 is 42.5 Å². The van der Waals surface area contributed by atoms with Crippen molar-refractivity contribution in [3.8, 4) is 0 Å². The molecule has 2 aliphatic carbocycles. The van der Waals surface area contributed by atoms with Crippen molar-refractivity contribution in [2.24, 2.45) is 29.6 Å². The molecule has 1 saturated heterocycles.